The number of nitrogens with zero attached hydrogens (tertiary/aromatic N) is 2. The van der Waals surface area contributed by atoms with E-state index in [1.807, 2.05) is 26.2 Å². The lowest BCUT2D eigenvalue weighted by Gasteiger charge is -2.22. The molecule has 0 amide bonds. The summed E-state index contributed by atoms with van der Waals surface area (Å²) < 4.78 is 5.43. The van der Waals surface area contributed by atoms with Crippen molar-refractivity contribution in [1.82, 2.24) is 10.2 Å². The number of hydrogen-bond acceptors (Lipinski definition) is 3. The molecular formula is C13H24N4O. The SMILES string of the molecule is CC(C)CN=C(N)NCC(c1ccco1)N(C)C. The maximum Gasteiger partial charge on any atom is 0.188 e. The maximum atomic E-state index is 5.81. The molecule has 1 unspecified atom stereocenters. The molecule has 0 aromatic carbocycles. The monoisotopic (exact) mass is 252 g/mol. The van der Waals surface area contributed by atoms with E-state index in [4.69, 9.17) is 10.2 Å². The zero-order valence-electron chi connectivity index (χ0n) is 11.7. The lowest BCUT2D eigenvalue weighted by atomic mass is 10.2. The Morgan fingerprint density at radius 1 is 1.50 bits per heavy atom. The first-order chi connectivity index (χ1) is 8.50. The summed E-state index contributed by atoms with van der Waals surface area (Å²) in [7, 11) is 4.02. The third kappa shape index (κ3) is 4.79. The number of nitrogens with one attached hydrogen (secondary N) is 1. The molecule has 1 rings (SSSR count). The summed E-state index contributed by atoms with van der Waals surface area (Å²) in [5.74, 6) is 1.92. The summed E-state index contributed by atoms with van der Waals surface area (Å²) >= 11 is 0. The van der Waals surface area contributed by atoms with E-state index in [2.05, 4.69) is 29.1 Å². The van der Waals surface area contributed by atoms with E-state index in [0.29, 0.717) is 18.4 Å². The molecule has 1 heterocycles. The third-order valence-corrected chi connectivity index (χ3v) is 2.60. The van der Waals surface area contributed by atoms with Gasteiger partial charge in [-0.15, -0.1) is 0 Å². The second kappa shape index (κ2) is 7.06. The Morgan fingerprint density at radius 3 is 2.72 bits per heavy atom. The summed E-state index contributed by atoms with van der Waals surface area (Å²) in [6.45, 7) is 5.64. The van der Waals surface area contributed by atoms with Crippen LogP contribution in [-0.4, -0.2) is 38.0 Å². The molecule has 0 aliphatic heterocycles. The van der Waals surface area contributed by atoms with E-state index < -0.39 is 0 Å². The minimum absolute atomic E-state index is 0.146. The smallest absolute Gasteiger partial charge is 0.188 e. The molecule has 1 aromatic heterocycles. The average molecular weight is 252 g/mol. The number of furan rings is 1. The molecular weight excluding hydrogens is 228 g/mol. The molecule has 3 N–H and O–H groups in total. The molecule has 1 aromatic rings. The van der Waals surface area contributed by atoms with Gasteiger partial charge in [-0.2, -0.15) is 0 Å². The number of guanidine groups is 1. The highest BCUT2D eigenvalue weighted by atomic mass is 16.3. The van der Waals surface area contributed by atoms with Crippen LogP contribution in [-0.2, 0) is 0 Å². The van der Waals surface area contributed by atoms with Crippen molar-refractivity contribution in [3.63, 3.8) is 0 Å². The molecule has 5 nitrogen and oxygen atoms in total. The summed E-state index contributed by atoms with van der Waals surface area (Å²) in [5, 5.41) is 3.13. The Kier molecular flexibility index (Phi) is 5.71. The van der Waals surface area contributed by atoms with Crippen LogP contribution < -0.4 is 11.1 Å². The maximum absolute atomic E-state index is 5.81. The van der Waals surface area contributed by atoms with Crippen molar-refractivity contribution >= 4 is 5.96 Å². The zero-order chi connectivity index (χ0) is 13.5. The Labute approximate surface area is 109 Å². The van der Waals surface area contributed by atoms with Gasteiger partial charge in [0.2, 0.25) is 0 Å². The largest absolute Gasteiger partial charge is 0.468 e. The Bertz CT molecular complexity index is 357. The molecule has 0 fully saturated rings. The van der Waals surface area contributed by atoms with Crippen molar-refractivity contribution in [3.8, 4) is 0 Å². The highest BCUT2D eigenvalue weighted by molar-refractivity contribution is 5.77. The number of rotatable bonds is 6. The van der Waals surface area contributed by atoms with Crippen LogP contribution in [0.2, 0.25) is 0 Å². The van der Waals surface area contributed by atoms with Crippen LogP contribution in [0, 0.1) is 5.92 Å². The Hall–Kier alpha value is -1.49. The Balaban J connectivity index is 2.51. The molecule has 0 bridgehead atoms. The summed E-state index contributed by atoms with van der Waals surface area (Å²) in [5.41, 5.74) is 5.81. The molecule has 0 spiro atoms. The van der Waals surface area contributed by atoms with E-state index in [-0.39, 0.29) is 6.04 Å². The quantitative estimate of drug-likeness (QED) is 0.594. The van der Waals surface area contributed by atoms with Crippen molar-refractivity contribution in [2.45, 2.75) is 19.9 Å². The van der Waals surface area contributed by atoms with Crippen molar-refractivity contribution < 1.29 is 4.42 Å². The summed E-state index contributed by atoms with van der Waals surface area (Å²) in [6, 6.07) is 4.00. The zero-order valence-corrected chi connectivity index (χ0v) is 11.7. The van der Waals surface area contributed by atoms with E-state index in [1.54, 1.807) is 6.26 Å². The minimum atomic E-state index is 0.146. The predicted molar refractivity (Wildman–Crippen MR) is 74.5 cm³/mol. The second-order valence-electron chi connectivity index (χ2n) is 5.00. The van der Waals surface area contributed by atoms with Gasteiger partial charge in [-0.25, -0.2) is 0 Å². The van der Waals surface area contributed by atoms with Gasteiger partial charge in [-0.05, 0) is 32.1 Å². The van der Waals surface area contributed by atoms with E-state index in [9.17, 15) is 0 Å². The summed E-state index contributed by atoms with van der Waals surface area (Å²) in [6.07, 6.45) is 1.68. The van der Waals surface area contributed by atoms with Gasteiger partial charge in [0, 0.05) is 13.1 Å². The highest BCUT2D eigenvalue weighted by Crippen LogP contribution is 2.17. The van der Waals surface area contributed by atoms with Crippen LogP contribution in [0.15, 0.2) is 27.8 Å². The summed E-state index contributed by atoms with van der Waals surface area (Å²) in [4.78, 5) is 6.36. The molecule has 1 atom stereocenters. The highest BCUT2D eigenvalue weighted by Gasteiger charge is 2.16. The number of hydrogen-bond donors (Lipinski definition) is 2. The van der Waals surface area contributed by atoms with Gasteiger partial charge >= 0.3 is 0 Å². The fraction of sp³-hybridized carbons (Fsp3) is 0.615. The number of nitrogens with two attached hydrogens (primary N) is 1. The van der Waals surface area contributed by atoms with E-state index in [0.717, 1.165) is 12.3 Å². The van der Waals surface area contributed by atoms with Crippen LogP contribution in [0.4, 0.5) is 0 Å². The third-order valence-electron chi connectivity index (χ3n) is 2.60. The topological polar surface area (TPSA) is 66.8 Å². The fourth-order valence-corrected chi connectivity index (χ4v) is 1.56. The van der Waals surface area contributed by atoms with Crippen LogP contribution in [0.5, 0.6) is 0 Å². The number of likely N-dealkylation sites (N-methyl/N-ethyl adjacent to an activating group) is 1. The van der Waals surface area contributed by atoms with E-state index >= 15 is 0 Å². The van der Waals surface area contributed by atoms with Crippen LogP contribution >= 0.6 is 0 Å². The van der Waals surface area contributed by atoms with Crippen LogP contribution in [0.25, 0.3) is 0 Å². The predicted octanol–water partition coefficient (Wildman–Crippen LogP) is 1.44. The Morgan fingerprint density at radius 2 is 2.22 bits per heavy atom. The van der Waals surface area contributed by atoms with Crippen molar-refractivity contribution in [2.75, 3.05) is 27.2 Å². The van der Waals surface area contributed by atoms with Gasteiger partial charge in [0.25, 0.3) is 0 Å². The van der Waals surface area contributed by atoms with Crippen molar-refractivity contribution in [2.24, 2.45) is 16.6 Å². The second-order valence-corrected chi connectivity index (χ2v) is 5.00. The molecule has 102 valence electrons. The molecule has 0 aliphatic rings. The van der Waals surface area contributed by atoms with Crippen LogP contribution in [0.3, 0.4) is 0 Å². The molecule has 0 saturated carbocycles. The molecule has 18 heavy (non-hydrogen) atoms. The van der Waals surface area contributed by atoms with Gasteiger partial charge in [-0.3, -0.25) is 9.89 Å². The van der Waals surface area contributed by atoms with Gasteiger partial charge in [0.1, 0.15) is 5.76 Å². The fourth-order valence-electron chi connectivity index (χ4n) is 1.56. The average Bonchev–Trinajstić information content (AvgIpc) is 2.79. The number of aliphatic imine (C=N–C) groups is 1. The first-order valence-corrected chi connectivity index (χ1v) is 6.24. The normalized spacial score (nSPS) is 14.2. The molecule has 0 aliphatic carbocycles. The lowest BCUT2D eigenvalue weighted by Crippen LogP contribution is -2.38. The minimum Gasteiger partial charge on any atom is -0.468 e. The first-order valence-electron chi connectivity index (χ1n) is 6.24. The molecule has 5 heteroatoms. The van der Waals surface area contributed by atoms with Gasteiger partial charge in [-0.1, -0.05) is 13.8 Å². The first kappa shape index (κ1) is 14.6. The van der Waals surface area contributed by atoms with Gasteiger partial charge < -0.3 is 15.5 Å². The molecule has 0 saturated heterocycles. The molecule has 0 radical (unpaired) electrons. The van der Waals surface area contributed by atoms with Crippen molar-refractivity contribution in [3.05, 3.63) is 24.2 Å². The van der Waals surface area contributed by atoms with Gasteiger partial charge in [0.15, 0.2) is 5.96 Å². The lowest BCUT2D eigenvalue weighted by molar-refractivity contribution is 0.258. The van der Waals surface area contributed by atoms with E-state index in [1.165, 1.54) is 0 Å². The standard InChI is InChI=1S/C13H24N4O/c1-10(2)8-15-13(14)16-9-11(17(3)4)12-6-5-7-18-12/h5-7,10-11H,8-9H2,1-4H3,(H3,14,15,16). The van der Waals surface area contributed by atoms with Crippen LogP contribution in [0.1, 0.15) is 25.6 Å². The van der Waals surface area contributed by atoms with Crippen molar-refractivity contribution in [1.29, 1.82) is 0 Å². The van der Waals surface area contributed by atoms with Gasteiger partial charge in [0.05, 0.1) is 12.3 Å².